The molecule has 0 bridgehead atoms. The summed E-state index contributed by atoms with van der Waals surface area (Å²) < 4.78 is 19.1. The Morgan fingerprint density at radius 2 is 2.17 bits per heavy atom. The van der Waals surface area contributed by atoms with E-state index in [4.69, 9.17) is 15.9 Å². The van der Waals surface area contributed by atoms with Crippen molar-refractivity contribution in [2.24, 2.45) is 0 Å². The standard InChI is InChI=1S/C16H17FN4O2/c1-2-3-13(19)16(22)21-15-9-11(6-7-20-15)23-14-5-4-10(18)8-12(14)17/h4-9,19H,2-3,18H2,1H3,(H,20,21,22). The van der Waals surface area contributed by atoms with E-state index in [-0.39, 0.29) is 17.3 Å². The minimum atomic E-state index is -0.586. The normalized spacial score (nSPS) is 10.2. The number of nitrogens with two attached hydrogens (primary N) is 1. The van der Waals surface area contributed by atoms with Crippen LogP contribution in [0.4, 0.5) is 15.9 Å². The van der Waals surface area contributed by atoms with Gasteiger partial charge < -0.3 is 15.8 Å². The predicted molar refractivity (Wildman–Crippen MR) is 86.4 cm³/mol. The minimum Gasteiger partial charge on any atom is -0.454 e. The number of halogens is 1. The van der Waals surface area contributed by atoms with E-state index in [9.17, 15) is 9.18 Å². The van der Waals surface area contributed by atoms with Crippen LogP contribution in [0.25, 0.3) is 0 Å². The highest BCUT2D eigenvalue weighted by atomic mass is 19.1. The highest BCUT2D eigenvalue weighted by Crippen LogP contribution is 2.26. The van der Waals surface area contributed by atoms with Gasteiger partial charge in [-0.05, 0) is 24.6 Å². The molecule has 120 valence electrons. The van der Waals surface area contributed by atoms with E-state index in [0.717, 1.165) is 6.07 Å². The van der Waals surface area contributed by atoms with Crippen molar-refractivity contribution < 1.29 is 13.9 Å². The van der Waals surface area contributed by atoms with Gasteiger partial charge in [0, 0.05) is 24.0 Å². The molecule has 23 heavy (non-hydrogen) atoms. The lowest BCUT2D eigenvalue weighted by Crippen LogP contribution is -2.22. The summed E-state index contributed by atoms with van der Waals surface area (Å²) in [4.78, 5) is 15.8. The number of carbonyl (C=O) groups excluding carboxylic acids is 1. The zero-order chi connectivity index (χ0) is 16.8. The molecule has 2 aromatic rings. The quantitative estimate of drug-likeness (QED) is 0.562. The summed E-state index contributed by atoms with van der Waals surface area (Å²) >= 11 is 0. The number of anilines is 2. The predicted octanol–water partition coefficient (Wildman–Crippen LogP) is 3.35. The number of aromatic nitrogens is 1. The Morgan fingerprint density at radius 3 is 2.87 bits per heavy atom. The van der Waals surface area contributed by atoms with Crippen molar-refractivity contribution in [3.05, 3.63) is 42.3 Å². The number of nitrogens with zero attached hydrogens (tertiary/aromatic N) is 1. The van der Waals surface area contributed by atoms with Crippen molar-refractivity contribution in [1.29, 1.82) is 5.41 Å². The Bertz CT molecular complexity index is 734. The van der Waals surface area contributed by atoms with Gasteiger partial charge in [0.15, 0.2) is 11.6 Å². The summed E-state index contributed by atoms with van der Waals surface area (Å²) in [5.41, 5.74) is 5.75. The van der Waals surface area contributed by atoms with Crippen LogP contribution in [0, 0.1) is 11.2 Å². The van der Waals surface area contributed by atoms with Crippen LogP contribution < -0.4 is 15.8 Å². The first kappa shape index (κ1) is 16.4. The molecule has 2 rings (SSSR count). The number of hydrogen-bond acceptors (Lipinski definition) is 5. The summed E-state index contributed by atoms with van der Waals surface area (Å²) in [5, 5.41) is 10.1. The second-order valence-electron chi connectivity index (χ2n) is 4.85. The Kier molecular flexibility index (Phi) is 5.24. The third-order valence-electron chi connectivity index (χ3n) is 2.93. The average molecular weight is 316 g/mol. The van der Waals surface area contributed by atoms with Gasteiger partial charge in [0.05, 0.1) is 5.71 Å². The van der Waals surface area contributed by atoms with Crippen LogP contribution in [-0.2, 0) is 4.79 Å². The Balaban J connectivity index is 2.10. The summed E-state index contributed by atoms with van der Waals surface area (Å²) in [6.45, 7) is 1.88. The van der Waals surface area contributed by atoms with Crippen LogP contribution >= 0.6 is 0 Å². The third kappa shape index (κ3) is 4.50. The van der Waals surface area contributed by atoms with E-state index >= 15 is 0 Å². The number of carbonyl (C=O) groups is 1. The molecule has 0 fully saturated rings. The highest BCUT2D eigenvalue weighted by molar-refractivity contribution is 6.41. The molecule has 7 heteroatoms. The number of benzene rings is 1. The number of ether oxygens (including phenoxy) is 1. The fourth-order valence-corrected chi connectivity index (χ4v) is 1.83. The molecule has 1 aromatic carbocycles. The van der Waals surface area contributed by atoms with Crippen LogP contribution in [0.3, 0.4) is 0 Å². The number of nitrogens with one attached hydrogen (secondary N) is 2. The molecular weight excluding hydrogens is 299 g/mol. The maximum Gasteiger partial charge on any atom is 0.270 e. The molecule has 1 aromatic heterocycles. The number of amides is 1. The molecule has 0 aliphatic rings. The lowest BCUT2D eigenvalue weighted by Gasteiger charge is -2.09. The highest BCUT2D eigenvalue weighted by Gasteiger charge is 2.11. The monoisotopic (exact) mass is 316 g/mol. The van der Waals surface area contributed by atoms with Crippen molar-refractivity contribution in [3.8, 4) is 11.5 Å². The van der Waals surface area contributed by atoms with Crippen molar-refractivity contribution in [1.82, 2.24) is 4.98 Å². The van der Waals surface area contributed by atoms with Crippen molar-refractivity contribution in [3.63, 3.8) is 0 Å². The van der Waals surface area contributed by atoms with Crippen LogP contribution in [-0.4, -0.2) is 16.6 Å². The van der Waals surface area contributed by atoms with Crippen LogP contribution in [0.15, 0.2) is 36.5 Å². The molecule has 4 N–H and O–H groups in total. The molecule has 6 nitrogen and oxygen atoms in total. The van der Waals surface area contributed by atoms with E-state index in [0.29, 0.717) is 24.3 Å². The van der Waals surface area contributed by atoms with Gasteiger partial charge in [-0.25, -0.2) is 9.37 Å². The minimum absolute atomic E-state index is 0.0152. The number of pyridine rings is 1. The summed E-state index contributed by atoms with van der Waals surface area (Å²) in [7, 11) is 0. The molecule has 0 aliphatic heterocycles. The largest absolute Gasteiger partial charge is 0.454 e. The topological polar surface area (TPSA) is 101 Å². The summed E-state index contributed by atoms with van der Waals surface area (Å²) in [6.07, 6.45) is 2.52. The fraction of sp³-hybridized carbons (Fsp3) is 0.188. The molecule has 0 radical (unpaired) electrons. The first-order valence-corrected chi connectivity index (χ1v) is 7.07. The first-order chi connectivity index (χ1) is 11.0. The van der Waals surface area contributed by atoms with Crippen LogP contribution in [0.2, 0.25) is 0 Å². The molecule has 0 aliphatic carbocycles. The van der Waals surface area contributed by atoms with Crippen molar-refractivity contribution >= 4 is 23.1 Å². The SMILES string of the molecule is CCCC(=N)C(=O)Nc1cc(Oc2ccc(N)cc2F)ccn1. The molecule has 0 unspecified atom stereocenters. The van der Waals surface area contributed by atoms with Crippen molar-refractivity contribution in [2.45, 2.75) is 19.8 Å². The van der Waals surface area contributed by atoms with E-state index < -0.39 is 11.7 Å². The van der Waals surface area contributed by atoms with Gasteiger partial charge in [-0.1, -0.05) is 13.3 Å². The molecule has 1 amide bonds. The number of hydrogen-bond donors (Lipinski definition) is 3. The molecule has 0 saturated carbocycles. The van der Waals surface area contributed by atoms with Gasteiger partial charge in [0.1, 0.15) is 11.6 Å². The molecule has 1 heterocycles. The van der Waals surface area contributed by atoms with E-state index in [1.807, 2.05) is 6.92 Å². The molecule has 0 saturated heterocycles. The number of nitrogen functional groups attached to an aromatic ring is 1. The fourth-order valence-electron chi connectivity index (χ4n) is 1.83. The van der Waals surface area contributed by atoms with Crippen molar-refractivity contribution in [2.75, 3.05) is 11.1 Å². The molecule has 0 atom stereocenters. The lowest BCUT2D eigenvalue weighted by molar-refractivity contribution is -0.110. The first-order valence-electron chi connectivity index (χ1n) is 7.07. The second-order valence-corrected chi connectivity index (χ2v) is 4.85. The Morgan fingerprint density at radius 1 is 1.39 bits per heavy atom. The molecule has 0 spiro atoms. The van der Waals surface area contributed by atoms with E-state index in [2.05, 4.69) is 10.3 Å². The van der Waals surface area contributed by atoms with E-state index in [1.165, 1.54) is 30.5 Å². The molecular formula is C16H17FN4O2. The smallest absolute Gasteiger partial charge is 0.270 e. The zero-order valence-corrected chi connectivity index (χ0v) is 12.6. The van der Waals surface area contributed by atoms with Gasteiger partial charge in [-0.3, -0.25) is 10.2 Å². The average Bonchev–Trinajstić information content (AvgIpc) is 2.51. The maximum atomic E-state index is 13.7. The van der Waals surface area contributed by atoms with Gasteiger partial charge in [-0.15, -0.1) is 0 Å². The number of rotatable bonds is 6. The maximum absolute atomic E-state index is 13.7. The summed E-state index contributed by atoms with van der Waals surface area (Å²) in [6, 6.07) is 7.08. The van der Waals surface area contributed by atoms with Crippen LogP contribution in [0.1, 0.15) is 19.8 Å². The Hall–Kier alpha value is -2.96. The third-order valence-corrected chi connectivity index (χ3v) is 2.93. The van der Waals surface area contributed by atoms with Gasteiger partial charge in [0.25, 0.3) is 5.91 Å². The lowest BCUT2D eigenvalue weighted by atomic mass is 10.2. The summed E-state index contributed by atoms with van der Waals surface area (Å²) in [5.74, 6) is -0.557. The van der Waals surface area contributed by atoms with E-state index in [1.54, 1.807) is 0 Å². The Labute approximate surface area is 133 Å². The van der Waals surface area contributed by atoms with Gasteiger partial charge in [0.2, 0.25) is 0 Å². The zero-order valence-electron chi connectivity index (χ0n) is 12.6. The van der Waals surface area contributed by atoms with Crippen LogP contribution in [0.5, 0.6) is 11.5 Å². The van der Waals surface area contributed by atoms with Gasteiger partial charge in [-0.2, -0.15) is 0 Å². The van der Waals surface area contributed by atoms with Gasteiger partial charge >= 0.3 is 0 Å². The second kappa shape index (κ2) is 7.35.